The quantitative estimate of drug-likeness (QED) is 0.883. The van der Waals surface area contributed by atoms with Crippen LogP contribution < -0.4 is 4.72 Å². The molecule has 1 fully saturated rings. The van der Waals surface area contributed by atoms with E-state index in [1.807, 2.05) is 17.0 Å². The molecule has 0 aromatic heterocycles. The van der Waals surface area contributed by atoms with Crippen molar-refractivity contribution in [1.82, 2.24) is 9.62 Å². The zero-order chi connectivity index (χ0) is 16.2. The van der Waals surface area contributed by atoms with Crippen LogP contribution in [-0.2, 0) is 21.2 Å². The standard InChI is InChI=1S/C15H21ClN2O3S/c1-22(20,21)17-10-13-3-2-8-18(11-13)15(19)9-12-4-6-14(16)7-5-12/h4-7,13,17H,2-3,8-11H2,1H3/t13-/m0/s1. The molecule has 1 aromatic rings. The summed E-state index contributed by atoms with van der Waals surface area (Å²) in [6.45, 7) is 1.74. The minimum absolute atomic E-state index is 0.0754. The molecule has 1 atom stereocenters. The Morgan fingerprint density at radius 3 is 2.68 bits per heavy atom. The molecular weight excluding hydrogens is 324 g/mol. The van der Waals surface area contributed by atoms with E-state index in [1.54, 1.807) is 12.1 Å². The van der Waals surface area contributed by atoms with E-state index in [2.05, 4.69) is 4.72 Å². The van der Waals surface area contributed by atoms with Crippen molar-refractivity contribution in [2.24, 2.45) is 5.92 Å². The number of hydrogen-bond donors (Lipinski definition) is 1. The van der Waals surface area contributed by atoms with E-state index < -0.39 is 10.0 Å². The zero-order valence-corrected chi connectivity index (χ0v) is 14.2. The average Bonchev–Trinajstić information content (AvgIpc) is 2.47. The molecule has 1 heterocycles. The zero-order valence-electron chi connectivity index (χ0n) is 12.6. The molecule has 1 aliphatic heterocycles. The van der Waals surface area contributed by atoms with Crippen LogP contribution >= 0.6 is 11.6 Å². The van der Waals surface area contributed by atoms with Gasteiger partial charge in [-0.1, -0.05) is 23.7 Å². The molecule has 1 amide bonds. The van der Waals surface area contributed by atoms with Gasteiger partial charge in [0.1, 0.15) is 0 Å². The predicted octanol–water partition coefficient (Wildman–Crippen LogP) is 1.67. The van der Waals surface area contributed by atoms with Gasteiger partial charge in [-0.25, -0.2) is 13.1 Å². The fourth-order valence-corrected chi connectivity index (χ4v) is 3.28. The van der Waals surface area contributed by atoms with Crippen LogP contribution in [0.4, 0.5) is 0 Å². The van der Waals surface area contributed by atoms with E-state index in [0.717, 1.165) is 31.2 Å². The number of amides is 1. The van der Waals surface area contributed by atoms with Crippen molar-refractivity contribution in [2.75, 3.05) is 25.9 Å². The Hall–Kier alpha value is -1.11. The Kier molecular flexibility index (Phi) is 5.83. The highest BCUT2D eigenvalue weighted by Gasteiger charge is 2.24. The van der Waals surface area contributed by atoms with Crippen LogP contribution in [0.3, 0.4) is 0 Å². The predicted molar refractivity (Wildman–Crippen MR) is 87.3 cm³/mol. The van der Waals surface area contributed by atoms with Crippen molar-refractivity contribution >= 4 is 27.5 Å². The summed E-state index contributed by atoms with van der Waals surface area (Å²) in [5, 5.41) is 0.654. The van der Waals surface area contributed by atoms with Gasteiger partial charge in [-0.05, 0) is 36.5 Å². The third-order valence-electron chi connectivity index (χ3n) is 3.77. The number of carbonyl (C=O) groups is 1. The lowest BCUT2D eigenvalue weighted by Gasteiger charge is -2.33. The maximum Gasteiger partial charge on any atom is 0.226 e. The van der Waals surface area contributed by atoms with Gasteiger partial charge in [0, 0.05) is 24.7 Å². The van der Waals surface area contributed by atoms with Gasteiger partial charge in [0.25, 0.3) is 0 Å². The second-order valence-electron chi connectivity index (χ2n) is 5.77. The number of halogens is 1. The lowest BCUT2D eigenvalue weighted by atomic mass is 9.97. The summed E-state index contributed by atoms with van der Waals surface area (Å²) in [5.74, 6) is 0.254. The molecule has 0 spiro atoms. The van der Waals surface area contributed by atoms with Crippen LogP contribution in [0, 0.1) is 5.92 Å². The highest BCUT2D eigenvalue weighted by Crippen LogP contribution is 2.18. The molecule has 22 heavy (non-hydrogen) atoms. The number of likely N-dealkylation sites (tertiary alicyclic amines) is 1. The summed E-state index contributed by atoms with van der Waals surface area (Å²) in [7, 11) is -3.18. The van der Waals surface area contributed by atoms with Gasteiger partial charge in [0.05, 0.1) is 12.7 Å². The molecule has 1 N–H and O–H groups in total. The number of piperidine rings is 1. The van der Waals surface area contributed by atoms with Crippen LogP contribution in [0.5, 0.6) is 0 Å². The first-order chi connectivity index (χ1) is 10.3. The summed E-state index contributed by atoms with van der Waals surface area (Å²) in [6.07, 6.45) is 3.35. The van der Waals surface area contributed by atoms with Gasteiger partial charge in [-0.15, -0.1) is 0 Å². The van der Waals surface area contributed by atoms with Gasteiger partial charge in [-0.3, -0.25) is 4.79 Å². The minimum Gasteiger partial charge on any atom is -0.342 e. The van der Waals surface area contributed by atoms with Crippen molar-refractivity contribution in [3.63, 3.8) is 0 Å². The third-order valence-corrected chi connectivity index (χ3v) is 4.72. The van der Waals surface area contributed by atoms with Crippen LogP contribution in [-0.4, -0.2) is 45.1 Å². The van der Waals surface area contributed by atoms with Crippen molar-refractivity contribution in [3.8, 4) is 0 Å². The first-order valence-corrected chi connectivity index (χ1v) is 9.57. The summed E-state index contributed by atoms with van der Waals surface area (Å²) in [6, 6.07) is 7.26. The molecule has 0 bridgehead atoms. The molecule has 2 rings (SSSR count). The molecule has 0 unspecified atom stereocenters. The average molecular weight is 345 g/mol. The maximum absolute atomic E-state index is 12.4. The Morgan fingerprint density at radius 1 is 1.36 bits per heavy atom. The molecular formula is C15H21ClN2O3S. The smallest absolute Gasteiger partial charge is 0.226 e. The van der Waals surface area contributed by atoms with Crippen LogP contribution in [0.15, 0.2) is 24.3 Å². The lowest BCUT2D eigenvalue weighted by molar-refractivity contribution is -0.132. The summed E-state index contributed by atoms with van der Waals surface area (Å²) >= 11 is 5.84. The van der Waals surface area contributed by atoms with Crippen molar-refractivity contribution in [1.29, 1.82) is 0 Å². The first kappa shape index (κ1) is 17.2. The van der Waals surface area contributed by atoms with E-state index in [1.165, 1.54) is 0 Å². The van der Waals surface area contributed by atoms with Gasteiger partial charge >= 0.3 is 0 Å². The Balaban J connectivity index is 1.88. The first-order valence-electron chi connectivity index (χ1n) is 7.30. The molecule has 0 radical (unpaired) electrons. The molecule has 1 aliphatic rings. The highest BCUT2D eigenvalue weighted by atomic mass is 35.5. The largest absolute Gasteiger partial charge is 0.342 e. The van der Waals surface area contributed by atoms with Gasteiger partial charge in [0.2, 0.25) is 15.9 Å². The number of carbonyl (C=O) groups excluding carboxylic acids is 1. The highest BCUT2D eigenvalue weighted by molar-refractivity contribution is 7.88. The third kappa shape index (κ3) is 5.59. The molecule has 122 valence electrons. The maximum atomic E-state index is 12.4. The molecule has 7 heteroatoms. The molecule has 1 saturated heterocycles. The van der Waals surface area contributed by atoms with Crippen LogP contribution in [0.1, 0.15) is 18.4 Å². The molecule has 1 aromatic carbocycles. The summed E-state index contributed by atoms with van der Waals surface area (Å²) < 4.78 is 24.8. The summed E-state index contributed by atoms with van der Waals surface area (Å²) in [4.78, 5) is 14.2. The Labute approximate surface area is 136 Å². The van der Waals surface area contributed by atoms with Crippen molar-refractivity contribution < 1.29 is 13.2 Å². The molecule has 0 saturated carbocycles. The van der Waals surface area contributed by atoms with E-state index in [4.69, 9.17) is 11.6 Å². The van der Waals surface area contributed by atoms with Crippen LogP contribution in [0.2, 0.25) is 5.02 Å². The number of benzene rings is 1. The van der Waals surface area contributed by atoms with Gasteiger partial charge in [0.15, 0.2) is 0 Å². The minimum atomic E-state index is -3.18. The Bertz CT molecular complexity index is 616. The number of sulfonamides is 1. The molecule has 0 aliphatic carbocycles. The van der Waals surface area contributed by atoms with Gasteiger partial charge in [-0.2, -0.15) is 0 Å². The monoisotopic (exact) mass is 344 g/mol. The SMILES string of the molecule is CS(=O)(=O)NC[C@@H]1CCCN(C(=O)Cc2ccc(Cl)cc2)C1. The number of rotatable bonds is 5. The van der Waals surface area contributed by atoms with E-state index in [-0.39, 0.29) is 11.8 Å². The summed E-state index contributed by atoms with van der Waals surface area (Å²) in [5.41, 5.74) is 0.936. The second kappa shape index (κ2) is 7.44. The topological polar surface area (TPSA) is 66.5 Å². The van der Waals surface area contributed by atoms with E-state index in [0.29, 0.717) is 24.5 Å². The normalized spacial score (nSPS) is 19.2. The fraction of sp³-hybridized carbons (Fsp3) is 0.533. The van der Waals surface area contributed by atoms with Crippen molar-refractivity contribution in [2.45, 2.75) is 19.3 Å². The number of hydrogen-bond acceptors (Lipinski definition) is 3. The van der Waals surface area contributed by atoms with E-state index in [9.17, 15) is 13.2 Å². The second-order valence-corrected chi connectivity index (χ2v) is 8.04. The fourth-order valence-electron chi connectivity index (χ4n) is 2.62. The number of nitrogens with zero attached hydrogens (tertiary/aromatic N) is 1. The molecule has 5 nitrogen and oxygen atoms in total. The lowest BCUT2D eigenvalue weighted by Crippen LogP contribution is -2.44. The van der Waals surface area contributed by atoms with E-state index >= 15 is 0 Å². The van der Waals surface area contributed by atoms with Crippen molar-refractivity contribution in [3.05, 3.63) is 34.9 Å². The Morgan fingerprint density at radius 2 is 2.05 bits per heavy atom. The van der Waals surface area contributed by atoms with Gasteiger partial charge < -0.3 is 4.90 Å². The number of nitrogens with one attached hydrogen (secondary N) is 1. The van der Waals surface area contributed by atoms with Crippen LogP contribution in [0.25, 0.3) is 0 Å².